The lowest BCUT2D eigenvalue weighted by atomic mass is 10.0. The van der Waals surface area contributed by atoms with Gasteiger partial charge in [0.2, 0.25) is 0 Å². The van der Waals surface area contributed by atoms with Crippen LogP contribution in [-0.2, 0) is 6.42 Å². The van der Waals surface area contributed by atoms with E-state index in [2.05, 4.69) is 12.2 Å². The molecule has 0 radical (unpaired) electrons. The van der Waals surface area contributed by atoms with E-state index in [1.165, 1.54) is 6.07 Å². The molecule has 4 nitrogen and oxygen atoms in total. The van der Waals surface area contributed by atoms with Crippen LogP contribution < -0.4 is 10.7 Å². The number of anilines is 1. The van der Waals surface area contributed by atoms with E-state index in [0.717, 1.165) is 24.2 Å². The molecule has 0 aliphatic heterocycles. The van der Waals surface area contributed by atoms with Crippen LogP contribution in [0.3, 0.4) is 0 Å². The predicted molar refractivity (Wildman–Crippen MR) is 120 cm³/mol. The number of pyridine rings is 1. The summed E-state index contributed by atoms with van der Waals surface area (Å²) in [5.74, 6) is -0.468. The third-order valence-corrected chi connectivity index (χ3v) is 5.24. The molecule has 0 spiro atoms. The van der Waals surface area contributed by atoms with E-state index in [1.54, 1.807) is 30.3 Å². The minimum absolute atomic E-state index is 0.129. The predicted octanol–water partition coefficient (Wildman–Crippen LogP) is 6.05. The van der Waals surface area contributed by atoms with Crippen LogP contribution in [0.4, 0.5) is 5.69 Å². The van der Waals surface area contributed by atoms with Gasteiger partial charge >= 0.3 is 0 Å². The molecule has 0 bridgehead atoms. The first-order valence-electron chi connectivity index (χ1n) is 9.49. The molecular weight excluding hydrogens is 407 g/mol. The Morgan fingerprint density at radius 1 is 1.07 bits per heavy atom. The smallest absolute Gasteiger partial charge is 0.261 e. The molecular formula is C23H22Cl2N2O2. The molecule has 1 amide bonds. The number of amides is 1. The summed E-state index contributed by atoms with van der Waals surface area (Å²) >= 11 is 12.4. The number of halogens is 2. The van der Waals surface area contributed by atoms with Crippen molar-refractivity contribution in [3.8, 4) is 5.69 Å². The van der Waals surface area contributed by atoms with Gasteiger partial charge in [-0.15, -0.1) is 0 Å². The normalized spacial score (nSPS) is 10.8. The zero-order valence-electron chi connectivity index (χ0n) is 16.3. The maximum absolute atomic E-state index is 13.1. The number of hydrogen-bond donors (Lipinski definition) is 1. The number of aryl methyl sites for hydroxylation is 1. The summed E-state index contributed by atoms with van der Waals surface area (Å²) in [6.07, 6.45) is 2.37. The molecule has 0 fully saturated rings. The summed E-state index contributed by atoms with van der Waals surface area (Å²) in [5, 5.41) is 3.79. The van der Waals surface area contributed by atoms with Gasteiger partial charge in [0.1, 0.15) is 5.56 Å². The lowest BCUT2D eigenvalue weighted by Crippen LogP contribution is -2.28. The van der Waals surface area contributed by atoms with Crippen molar-refractivity contribution in [1.29, 1.82) is 0 Å². The fraction of sp³-hybridized carbons (Fsp3) is 0.217. The lowest BCUT2D eigenvalue weighted by molar-refractivity contribution is 0.102. The highest BCUT2D eigenvalue weighted by atomic mass is 35.5. The van der Waals surface area contributed by atoms with Gasteiger partial charge in [-0.2, -0.15) is 0 Å². The Morgan fingerprint density at radius 3 is 2.52 bits per heavy atom. The highest BCUT2D eigenvalue weighted by Crippen LogP contribution is 2.24. The fourth-order valence-electron chi connectivity index (χ4n) is 3.34. The number of unbranched alkanes of at least 4 members (excludes halogenated alkanes) is 1. The van der Waals surface area contributed by atoms with Gasteiger partial charge in [-0.05, 0) is 50.1 Å². The Bertz CT molecular complexity index is 1110. The number of rotatable bonds is 6. The molecule has 150 valence electrons. The number of nitrogens with one attached hydrogen (secondary N) is 1. The molecule has 0 atom stereocenters. The molecule has 1 aromatic heterocycles. The Kier molecular flexibility index (Phi) is 6.78. The average Bonchev–Trinajstić information content (AvgIpc) is 2.67. The first-order chi connectivity index (χ1) is 13.9. The maximum atomic E-state index is 13.1. The van der Waals surface area contributed by atoms with Crippen LogP contribution in [0.2, 0.25) is 10.0 Å². The number of nitrogens with zero attached hydrogens (tertiary/aromatic N) is 1. The second-order valence-electron chi connectivity index (χ2n) is 6.82. The second-order valence-corrected chi connectivity index (χ2v) is 7.67. The number of hydrogen-bond acceptors (Lipinski definition) is 2. The topological polar surface area (TPSA) is 51.1 Å². The molecule has 2 aromatic carbocycles. The molecule has 0 aliphatic carbocycles. The van der Waals surface area contributed by atoms with E-state index in [4.69, 9.17) is 23.2 Å². The number of para-hydroxylation sites is 1. The summed E-state index contributed by atoms with van der Waals surface area (Å²) in [5.41, 5.74) is 2.52. The quantitative estimate of drug-likeness (QED) is 0.519. The Hall–Kier alpha value is -2.56. The van der Waals surface area contributed by atoms with Crippen molar-refractivity contribution >= 4 is 34.8 Å². The lowest BCUT2D eigenvalue weighted by Gasteiger charge is -2.20. The highest BCUT2D eigenvalue weighted by Gasteiger charge is 2.21. The summed E-state index contributed by atoms with van der Waals surface area (Å²) in [6, 6.07) is 15.8. The van der Waals surface area contributed by atoms with Gasteiger partial charge in [0.25, 0.3) is 5.91 Å². The first-order valence-corrected chi connectivity index (χ1v) is 10.2. The summed E-state index contributed by atoms with van der Waals surface area (Å²) in [7, 11) is 0. The van der Waals surface area contributed by atoms with Crippen molar-refractivity contribution in [3.63, 3.8) is 0 Å². The van der Waals surface area contributed by atoms with Crippen molar-refractivity contribution in [1.82, 2.24) is 4.57 Å². The molecule has 0 aliphatic rings. The van der Waals surface area contributed by atoms with Crippen molar-refractivity contribution in [3.05, 3.63) is 91.8 Å². The summed E-state index contributed by atoms with van der Waals surface area (Å²) in [6.45, 7) is 3.93. The minimum atomic E-state index is -0.468. The zero-order chi connectivity index (χ0) is 21.0. The molecule has 6 heteroatoms. The van der Waals surface area contributed by atoms with Gasteiger partial charge in [-0.3, -0.25) is 9.59 Å². The minimum Gasteiger partial charge on any atom is -0.320 e. The average molecular weight is 429 g/mol. The van der Waals surface area contributed by atoms with Crippen LogP contribution in [0.1, 0.15) is 41.5 Å². The summed E-state index contributed by atoms with van der Waals surface area (Å²) in [4.78, 5) is 26.0. The summed E-state index contributed by atoms with van der Waals surface area (Å²) < 4.78 is 1.93. The van der Waals surface area contributed by atoms with E-state index in [0.29, 0.717) is 27.8 Å². The largest absolute Gasteiger partial charge is 0.320 e. The van der Waals surface area contributed by atoms with Crippen LogP contribution in [0.25, 0.3) is 5.69 Å². The van der Waals surface area contributed by atoms with Gasteiger partial charge in [0, 0.05) is 28.2 Å². The second kappa shape index (κ2) is 9.29. The Labute approximate surface area is 180 Å². The molecule has 1 heterocycles. The standard InChI is InChI=1S/C23H22Cl2N2O2/c1-3-4-12-20-22(23(29)26-19-11-6-5-10-18(19)25)21(28)13-15(2)27(20)17-9-7-8-16(24)14-17/h5-11,13-14H,3-4,12H2,1-2H3,(H,26,29). The first kappa shape index (κ1) is 21.2. The Morgan fingerprint density at radius 2 is 1.83 bits per heavy atom. The van der Waals surface area contributed by atoms with Crippen molar-refractivity contribution in [2.24, 2.45) is 0 Å². The van der Waals surface area contributed by atoms with Gasteiger partial charge in [0.15, 0.2) is 5.43 Å². The van der Waals surface area contributed by atoms with Gasteiger partial charge in [-0.25, -0.2) is 0 Å². The molecule has 0 saturated carbocycles. The van der Waals surface area contributed by atoms with E-state index in [-0.39, 0.29) is 11.0 Å². The molecule has 29 heavy (non-hydrogen) atoms. The molecule has 3 aromatic rings. The third-order valence-electron chi connectivity index (χ3n) is 4.68. The number of benzene rings is 2. The van der Waals surface area contributed by atoms with Crippen molar-refractivity contribution in [2.45, 2.75) is 33.1 Å². The van der Waals surface area contributed by atoms with E-state index < -0.39 is 5.91 Å². The monoisotopic (exact) mass is 428 g/mol. The number of aromatic nitrogens is 1. The van der Waals surface area contributed by atoms with E-state index in [1.807, 2.05) is 29.7 Å². The van der Waals surface area contributed by atoms with Gasteiger partial charge in [-0.1, -0.05) is 54.7 Å². The SMILES string of the molecule is CCCCc1c(C(=O)Nc2ccccc2Cl)c(=O)cc(C)n1-c1cccc(Cl)c1. The maximum Gasteiger partial charge on any atom is 0.261 e. The van der Waals surface area contributed by atoms with Gasteiger partial charge in [0.05, 0.1) is 10.7 Å². The molecule has 3 rings (SSSR count). The van der Waals surface area contributed by atoms with Crippen molar-refractivity contribution in [2.75, 3.05) is 5.32 Å². The van der Waals surface area contributed by atoms with Crippen LogP contribution >= 0.6 is 23.2 Å². The van der Waals surface area contributed by atoms with Crippen LogP contribution in [0, 0.1) is 6.92 Å². The molecule has 0 unspecified atom stereocenters. The third kappa shape index (κ3) is 4.72. The molecule has 1 N–H and O–H groups in total. The van der Waals surface area contributed by atoms with Crippen molar-refractivity contribution < 1.29 is 4.79 Å². The Balaban J connectivity index is 2.17. The van der Waals surface area contributed by atoms with E-state index >= 15 is 0 Å². The van der Waals surface area contributed by atoms with Crippen LogP contribution in [-0.4, -0.2) is 10.5 Å². The van der Waals surface area contributed by atoms with Crippen LogP contribution in [0.5, 0.6) is 0 Å². The fourth-order valence-corrected chi connectivity index (χ4v) is 3.71. The number of carbonyl (C=O) groups is 1. The van der Waals surface area contributed by atoms with Crippen LogP contribution in [0.15, 0.2) is 59.4 Å². The molecule has 0 saturated heterocycles. The zero-order valence-corrected chi connectivity index (χ0v) is 17.8. The number of carbonyl (C=O) groups excluding carboxylic acids is 1. The van der Waals surface area contributed by atoms with E-state index in [9.17, 15) is 9.59 Å². The van der Waals surface area contributed by atoms with Gasteiger partial charge < -0.3 is 9.88 Å². The highest BCUT2D eigenvalue weighted by molar-refractivity contribution is 6.34.